The van der Waals surface area contributed by atoms with Gasteiger partial charge >= 0.3 is 11.9 Å². The van der Waals surface area contributed by atoms with E-state index in [1.807, 2.05) is 34.6 Å². The summed E-state index contributed by atoms with van der Waals surface area (Å²) in [6, 6.07) is 0. The molecule has 130 valence electrons. The van der Waals surface area contributed by atoms with Crippen LogP contribution >= 0.6 is 0 Å². The van der Waals surface area contributed by atoms with Crippen LogP contribution in [0.5, 0.6) is 0 Å². The second kappa shape index (κ2) is 9.86. The fraction of sp³-hybridized carbons (Fsp3) is 0.889. The third-order valence-electron chi connectivity index (χ3n) is 3.97. The van der Waals surface area contributed by atoms with Crippen molar-refractivity contribution in [2.24, 2.45) is 10.8 Å². The molecule has 0 fully saturated rings. The zero-order valence-electron chi connectivity index (χ0n) is 15.3. The molecule has 0 radical (unpaired) electrons. The van der Waals surface area contributed by atoms with Gasteiger partial charge in [-0.05, 0) is 60.3 Å². The lowest BCUT2D eigenvalue weighted by molar-refractivity contribution is -0.156. The number of hydrogen-bond acceptors (Lipinski definition) is 4. The summed E-state index contributed by atoms with van der Waals surface area (Å²) >= 11 is 0. The number of carbonyl (C=O) groups is 2. The zero-order valence-corrected chi connectivity index (χ0v) is 15.3. The van der Waals surface area contributed by atoms with Crippen LogP contribution in [0, 0.1) is 10.8 Å². The van der Waals surface area contributed by atoms with Crippen molar-refractivity contribution >= 4 is 11.9 Å². The lowest BCUT2D eigenvalue weighted by Crippen LogP contribution is -2.28. The minimum atomic E-state index is -0.472. The molecule has 0 bridgehead atoms. The van der Waals surface area contributed by atoms with E-state index in [1.54, 1.807) is 0 Å². The van der Waals surface area contributed by atoms with Gasteiger partial charge in [-0.25, -0.2) is 0 Å². The van der Waals surface area contributed by atoms with Crippen molar-refractivity contribution in [3.05, 3.63) is 0 Å². The van der Waals surface area contributed by atoms with Crippen LogP contribution in [0.2, 0.25) is 0 Å². The van der Waals surface area contributed by atoms with Gasteiger partial charge in [0, 0.05) is 0 Å². The average molecular weight is 314 g/mol. The summed E-state index contributed by atoms with van der Waals surface area (Å²) < 4.78 is 10.4. The van der Waals surface area contributed by atoms with Crippen molar-refractivity contribution in [2.45, 2.75) is 80.1 Å². The van der Waals surface area contributed by atoms with Crippen LogP contribution < -0.4 is 0 Å². The minimum Gasteiger partial charge on any atom is -0.466 e. The van der Waals surface area contributed by atoms with Crippen LogP contribution in [0.4, 0.5) is 0 Å². The molecule has 0 saturated carbocycles. The Morgan fingerprint density at radius 3 is 1.77 bits per heavy atom. The van der Waals surface area contributed by atoms with Crippen LogP contribution in [0.3, 0.4) is 0 Å². The highest BCUT2D eigenvalue weighted by Crippen LogP contribution is 2.26. The number of esters is 2. The maximum absolute atomic E-state index is 12.0. The molecule has 0 aliphatic heterocycles. The standard InChI is InChI=1S/C18H34O4/c1-7-9-12-17(3,4)16(20)22-14-11-10-13-18(5,6)15(19)21-8-2/h7-14H2,1-6H3. The maximum Gasteiger partial charge on any atom is 0.311 e. The van der Waals surface area contributed by atoms with Crippen molar-refractivity contribution in [3.8, 4) is 0 Å². The van der Waals surface area contributed by atoms with Gasteiger partial charge in [-0.2, -0.15) is 0 Å². The van der Waals surface area contributed by atoms with Crippen LogP contribution in [-0.2, 0) is 19.1 Å². The van der Waals surface area contributed by atoms with Gasteiger partial charge in [-0.15, -0.1) is 0 Å². The topological polar surface area (TPSA) is 52.6 Å². The fourth-order valence-electron chi connectivity index (χ4n) is 2.18. The molecule has 0 aromatic carbocycles. The summed E-state index contributed by atoms with van der Waals surface area (Å²) in [4.78, 5) is 23.8. The Hall–Kier alpha value is -1.06. The molecular formula is C18H34O4. The van der Waals surface area contributed by atoms with E-state index in [0.717, 1.165) is 38.5 Å². The summed E-state index contributed by atoms with van der Waals surface area (Å²) in [5, 5.41) is 0. The summed E-state index contributed by atoms with van der Waals surface area (Å²) in [5.74, 6) is -0.279. The van der Waals surface area contributed by atoms with Gasteiger partial charge in [0.1, 0.15) is 0 Å². The second-order valence-electron chi connectivity index (χ2n) is 7.18. The van der Waals surface area contributed by atoms with Gasteiger partial charge in [0.15, 0.2) is 0 Å². The molecule has 0 spiro atoms. The molecule has 22 heavy (non-hydrogen) atoms. The number of ether oxygens (including phenoxy) is 2. The SMILES string of the molecule is CCCCC(C)(C)C(=O)OCCCCC(C)(C)C(=O)OCC. The highest BCUT2D eigenvalue weighted by atomic mass is 16.5. The molecule has 4 nitrogen and oxygen atoms in total. The van der Waals surface area contributed by atoms with E-state index in [0.29, 0.717) is 13.2 Å². The van der Waals surface area contributed by atoms with Crippen LogP contribution in [0.15, 0.2) is 0 Å². The van der Waals surface area contributed by atoms with Crippen molar-refractivity contribution < 1.29 is 19.1 Å². The van der Waals surface area contributed by atoms with E-state index in [4.69, 9.17) is 9.47 Å². The summed E-state index contributed by atoms with van der Waals surface area (Å²) in [5.41, 5.74) is -0.874. The van der Waals surface area contributed by atoms with Gasteiger partial charge in [-0.1, -0.05) is 19.8 Å². The predicted molar refractivity (Wildman–Crippen MR) is 88.5 cm³/mol. The molecule has 0 atom stereocenters. The van der Waals surface area contributed by atoms with Gasteiger partial charge in [0.2, 0.25) is 0 Å². The highest BCUT2D eigenvalue weighted by molar-refractivity contribution is 5.76. The maximum atomic E-state index is 12.0. The Morgan fingerprint density at radius 2 is 1.27 bits per heavy atom. The number of unbranched alkanes of at least 4 members (excludes halogenated alkanes) is 2. The molecule has 0 heterocycles. The van der Waals surface area contributed by atoms with Crippen LogP contribution in [-0.4, -0.2) is 25.2 Å². The smallest absolute Gasteiger partial charge is 0.311 e. The molecular weight excluding hydrogens is 280 g/mol. The van der Waals surface area contributed by atoms with Crippen molar-refractivity contribution in [1.29, 1.82) is 0 Å². The van der Waals surface area contributed by atoms with Gasteiger partial charge < -0.3 is 9.47 Å². The van der Waals surface area contributed by atoms with E-state index in [-0.39, 0.29) is 11.9 Å². The first-order chi connectivity index (χ1) is 10.2. The quantitative estimate of drug-likeness (QED) is 0.416. The second-order valence-corrected chi connectivity index (χ2v) is 7.18. The molecule has 0 unspecified atom stereocenters. The van der Waals surface area contributed by atoms with Gasteiger partial charge in [0.25, 0.3) is 0 Å². The first kappa shape index (κ1) is 20.9. The van der Waals surface area contributed by atoms with Crippen molar-refractivity contribution in [2.75, 3.05) is 13.2 Å². The van der Waals surface area contributed by atoms with E-state index < -0.39 is 10.8 Å². The summed E-state index contributed by atoms with van der Waals surface area (Å²) in [6.07, 6.45) is 5.34. The Kier molecular flexibility index (Phi) is 9.38. The van der Waals surface area contributed by atoms with Gasteiger partial charge in [-0.3, -0.25) is 9.59 Å². The number of rotatable bonds is 11. The van der Waals surface area contributed by atoms with E-state index in [2.05, 4.69) is 6.92 Å². The van der Waals surface area contributed by atoms with E-state index >= 15 is 0 Å². The van der Waals surface area contributed by atoms with Crippen LogP contribution in [0.1, 0.15) is 80.1 Å². The molecule has 4 heteroatoms. The highest BCUT2D eigenvalue weighted by Gasteiger charge is 2.29. The third kappa shape index (κ3) is 7.81. The summed E-state index contributed by atoms with van der Waals surface area (Å²) in [7, 11) is 0. The Balaban J connectivity index is 3.98. The fourth-order valence-corrected chi connectivity index (χ4v) is 2.18. The minimum absolute atomic E-state index is 0.120. The molecule has 0 aromatic rings. The van der Waals surface area contributed by atoms with Gasteiger partial charge in [0.05, 0.1) is 24.0 Å². The lowest BCUT2D eigenvalue weighted by atomic mass is 9.87. The molecule has 0 saturated heterocycles. The molecule has 0 aliphatic carbocycles. The summed E-state index contributed by atoms with van der Waals surface area (Å²) in [6.45, 7) is 12.4. The number of carbonyl (C=O) groups excluding carboxylic acids is 2. The molecule has 0 rings (SSSR count). The average Bonchev–Trinajstić information content (AvgIpc) is 2.44. The Morgan fingerprint density at radius 1 is 0.773 bits per heavy atom. The predicted octanol–water partition coefficient (Wildman–Crippen LogP) is 4.51. The molecule has 0 N–H and O–H groups in total. The Bertz CT molecular complexity index is 345. The first-order valence-electron chi connectivity index (χ1n) is 8.52. The van der Waals surface area contributed by atoms with Crippen molar-refractivity contribution in [3.63, 3.8) is 0 Å². The van der Waals surface area contributed by atoms with E-state index in [1.165, 1.54) is 0 Å². The van der Waals surface area contributed by atoms with Crippen LogP contribution in [0.25, 0.3) is 0 Å². The largest absolute Gasteiger partial charge is 0.466 e. The monoisotopic (exact) mass is 314 g/mol. The van der Waals surface area contributed by atoms with E-state index in [9.17, 15) is 9.59 Å². The zero-order chi connectivity index (χ0) is 17.2. The first-order valence-corrected chi connectivity index (χ1v) is 8.52. The molecule has 0 aromatic heterocycles. The number of hydrogen-bond donors (Lipinski definition) is 0. The Labute approximate surface area is 135 Å². The molecule has 0 amide bonds. The normalized spacial score (nSPS) is 12.1. The lowest BCUT2D eigenvalue weighted by Gasteiger charge is -2.23. The third-order valence-corrected chi connectivity index (χ3v) is 3.97. The molecule has 0 aliphatic rings. The van der Waals surface area contributed by atoms with Crippen molar-refractivity contribution in [1.82, 2.24) is 0 Å².